The number of hydrogen-bond acceptors (Lipinski definition) is 2. The normalized spacial score (nSPS) is 10.9. The molecule has 2 aromatic carbocycles. The van der Waals surface area contributed by atoms with Gasteiger partial charge >= 0.3 is 0 Å². The zero-order chi connectivity index (χ0) is 14.3. The summed E-state index contributed by atoms with van der Waals surface area (Å²) in [5.41, 5.74) is 0.639. The number of furan rings is 1. The van der Waals surface area contributed by atoms with E-state index in [-0.39, 0.29) is 17.1 Å². The summed E-state index contributed by atoms with van der Waals surface area (Å²) in [4.78, 5) is 12.5. The van der Waals surface area contributed by atoms with Gasteiger partial charge in [0.2, 0.25) is 5.78 Å². The molecule has 0 N–H and O–H groups in total. The van der Waals surface area contributed by atoms with Gasteiger partial charge in [0.1, 0.15) is 0 Å². The van der Waals surface area contributed by atoms with Gasteiger partial charge < -0.3 is 4.42 Å². The predicted octanol–water partition coefficient (Wildman–Crippen LogP) is 5.17. The van der Waals surface area contributed by atoms with Gasteiger partial charge in [-0.3, -0.25) is 4.79 Å². The van der Waals surface area contributed by atoms with Crippen molar-refractivity contribution in [3.63, 3.8) is 0 Å². The van der Waals surface area contributed by atoms with E-state index in [2.05, 4.69) is 38.5 Å². The Morgan fingerprint density at radius 2 is 2.00 bits per heavy atom. The Bertz CT molecular complexity index is 826. The van der Waals surface area contributed by atoms with Crippen LogP contribution in [0.3, 0.4) is 0 Å². The Morgan fingerprint density at radius 1 is 1.20 bits per heavy atom. The summed E-state index contributed by atoms with van der Waals surface area (Å²) in [6.45, 7) is 0. The summed E-state index contributed by atoms with van der Waals surface area (Å²) in [6, 6.07) is 11.6. The standard InChI is InChI=1S/C15H7BrFIO2/c16-9-4-5-12(18)10(7-9)14(19)13-6-8-2-1-3-11(17)15(8)20-13/h1-7H. The monoisotopic (exact) mass is 444 g/mol. The Balaban J connectivity index is 2.13. The van der Waals surface area contributed by atoms with Gasteiger partial charge in [-0.1, -0.05) is 28.1 Å². The number of carbonyl (C=O) groups excluding carboxylic acids is 1. The second-order valence-corrected chi connectivity index (χ2v) is 6.30. The number of para-hydroxylation sites is 1. The Labute approximate surface area is 136 Å². The van der Waals surface area contributed by atoms with Gasteiger partial charge in [0, 0.05) is 19.0 Å². The molecule has 100 valence electrons. The largest absolute Gasteiger partial charge is 0.449 e. The van der Waals surface area contributed by atoms with Gasteiger partial charge in [0.05, 0.1) is 0 Å². The number of fused-ring (bicyclic) bond motifs is 1. The predicted molar refractivity (Wildman–Crippen MR) is 86.5 cm³/mol. The van der Waals surface area contributed by atoms with Gasteiger partial charge in [-0.05, 0) is 52.9 Å². The van der Waals surface area contributed by atoms with E-state index in [1.807, 2.05) is 12.1 Å². The van der Waals surface area contributed by atoms with E-state index < -0.39 is 5.82 Å². The van der Waals surface area contributed by atoms with Crippen LogP contribution in [0.25, 0.3) is 11.0 Å². The van der Waals surface area contributed by atoms with Crippen LogP contribution in [0.4, 0.5) is 4.39 Å². The minimum atomic E-state index is -0.467. The van der Waals surface area contributed by atoms with Crippen LogP contribution >= 0.6 is 38.5 Å². The summed E-state index contributed by atoms with van der Waals surface area (Å²) < 4.78 is 20.6. The first-order valence-electron chi connectivity index (χ1n) is 5.74. The van der Waals surface area contributed by atoms with E-state index in [1.54, 1.807) is 24.3 Å². The molecule has 0 saturated heterocycles. The molecule has 0 bridgehead atoms. The lowest BCUT2D eigenvalue weighted by Crippen LogP contribution is -2.02. The second kappa shape index (κ2) is 5.29. The lowest BCUT2D eigenvalue weighted by Gasteiger charge is -2.02. The maximum atomic E-state index is 13.6. The van der Waals surface area contributed by atoms with Gasteiger partial charge in [-0.15, -0.1) is 0 Å². The van der Waals surface area contributed by atoms with Crippen LogP contribution in [-0.4, -0.2) is 5.78 Å². The third-order valence-corrected chi connectivity index (χ3v) is 4.33. The van der Waals surface area contributed by atoms with E-state index in [1.165, 1.54) is 6.07 Å². The molecular weight excluding hydrogens is 438 g/mol. The number of rotatable bonds is 2. The van der Waals surface area contributed by atoms with Gasteiger partial charge in [0.25, 0.3) is 0 Å². The fourth-order valence-electron chi connectivity index (χ4n) is 1.94. The van der Waals surface area contributed by atoms with Crippen LogP contribution in [0.1, 0.15) is 16.1 Å². The van der Waals surface area contributed by atoms with Crippen LogP contribution in [0, 0.1) is 9.39 Å². The average Bonchev–Trinajstić information content (AvgIpc) is 2.86. The number of benzene rings is 2. The summed E-state index contributed by atoms with van der Waals surface area (Å²) in [7, 11) is 0. The maximum Gasteiger partial charge on any atom is 0.229 e. The highest BCUT2D eigenvalue weighted by molar-refractivity contribution is 14.1. The Kier molecular flexibility index (Phi) is 3.64. The molecule has 3 aromatic rings. The molecule has 0 amide bonds. The molecule has 0 aliphatic heterocycles. The molecule has 0 saturated carbocycles. The summed E-state index contributed by atoms with van der Waals surface area (Å²) in [6.07, 6.45) is 0. The van der Waals surface area contributed by atoms with E-state index in [9.17, 15) is 9.18 Å². The molecule has 20 heavy (non-hydrogen) atoms. The maximum absolute atomic E-state index is 13.6. The molecule has 2 nitrogen and oxygen atoms in total. The van der Waals surface area contributed by atoms with Crippen molar-refractivity contribution in [3.05, 3.63) is 67.6 Å². The van der Waals surface area contributed by atoms with Crippen molar-refractivity contribution in [2.24, 2.45) is 0 Å². The van der Waals surface area contributed by atoms with Crippen molar-refractivity contribution in [3.8, 4) is 0 Å². The fourth-order valence-corrected chi connectivity index (χ4v) is 2.89. The molecule has 0 fully saturated rings. The van der Waals surface area contributed by atoms with Crippen LogP contribution in [0.15, 0.2) is 51.4 Å². The summed E-state index contributed by atoms with van der Waals surface area (Å²) in [5.74, 6) is -0.585. The molecule has 0 aliphatic rings. The highest BCUT2D eigenvalue weighted by atomic mass is 127. The smallest absolute Gasteiger partial charge is 0.229 e. The quantitative estimate of drug-likeness (QED) is 0.403. The molecule has 3 rings (SSSR count). The molecule has 0 spiro atoms. The fraction of sp³-hybridized carbons (Fsp3) is 0. The van der Waals surface area contributed by atoms with Crippen LogP contribution < -0.4 is 0 Å². The lowest BCUT2D eigenvalue weighted by atomic mass is 10.1. The second-order valence-electron chi connectivity index (χ2n) is 4.22. The van der Waals surface area contributed by atoms with Crippen molar-refractivity contribution < 1.29 is 13.6 Å². The molecule has 0 radical (unpaired) electrons. The topological polar surface area (TPSA) is 30.2 Å². The molecule has 1 aromatic heterocycles. The minimum Gasteiger partial charge on any atom is -0.449 e. The van der Waals surface area contributed by atoms with E-state index in [0.29, 0.717) is 10.9 Å². The first-order valence-corrected chi connectivity index (χ1v) is 7.61. The van der Waals surface area contributed by atoms with E-state index >= 15 is 0 Å². The van der Waals surface area contributed by atoms with Crippen molar-refractivity contribution in [2.75, 3.05) is 0 Å². The molecule has 1 heterocycles. The molecule has 5 heteroatoms. The number of halogens is 3. The van der Waals surface area contributed by atoms with E-state index in [0.717, 1.165) is 8.04 Å². The van der Waals surface area contributed by atoms with Gasteiger partial charge in [0.15, 0.2) is 17.2 Å². The molecule has 0 aliphatic carbocycles. The third-order valence-electron chi connectivity index (χ3n) is 2.89. The molecule has 0 unspecified atom stereocenters. The molecule has 0 atom stereocenters. The number of hydrogen-bond donors (Lipinski definition) is 0. The highest BCUT2D eigenvalue weighted by Gasteiger charge is 2.18. The van der Waals surface area contributed by atoms with E-state index in [4.69, 9.17) is 4.42 Å². The number of ketones is 1. The van der Waals surface area contributed by atoms with Crippen molar-refractivity contribution in [2.45, 2.75) is 0 Å². The first-order chi connectivity index (χ1) is 9.56. The first kappa shape index (κ1) is 13.8. The molecular formula is C15H7BrFIO2. The number of carbonyl (C=O) groups is 1. The van der Waals surface area contributed by atoms with Crippen molar-refractivity contribution in [1.82, 2.24) is 0 Å². The Hall–Kier alpha value is -1.21. The highest BCUT2D eigenvalue weighted by Crippen LogP contribution is 2.26. The zero-order valence-electron chi connectivity index (χ0n) is 9.99. The summed E-state index contributed by atoms with van der Waals surface area (Å²) in [5, 5.41) is 0.582. The van der Waals surface area contributed by atoms with Crippen LogP contribution in [0.5, 0.6) is 0 Å². The SMILES string of the molecule is O=C(c1cc2cccc(F)c2o1)c1cc(Br)ccc1I. The Morgan fingerprint density at radius 3 is 2.75 bits per heavy atom. The average molecular weight is 445 g/mol. The van der Waals surface area contributed by atoms with Gasteiger partial charge in [-0.2, -0.15) is 0 Å². The minimum absolute atomic E-state index is 0.112. The van der Waals surface area contributed by atoms with Crippen molar-refractivity contribution in [1.29, 1.82) is 0 Å². The van der Waals surface area contributed by atoms with Crippen molar-refractivity contribution >= 4 is 55.3 Å². The van der Waals surface area contributed by atoms with Gasteiger partial charge in [-0.25, -0.2) is 4.39 Å². The zero-order valence-corrected chi connectivity index (χ0v) is 13.7. The summed E-state index contributed by atoms with van der Waals surface area (Å²) >= 11 is 5.42. The van der Waals surface area contributed by atoms with Crippen LogP contribution in [0.2, 0.25) is 0 Å². The lowest BCUT2D eigenvalue weighted by molar-refractivity contribution is 0.101. The van der Waals surface area contributed by atoms with Crippen LogP contribution in [-0.2, 0) is 0 Å². The third kappa shape index (κ3) is 2.40.